The molecule has 0 aromatic heterocycles. The Balaban J connectivity index is 1.50. The highest BCUT2D eigenvalue weighted by Gasteiger charge is 2.25. The van der Waals surface area contributed by atoms with E-state index in [-0.39, 0.29) is 11.8 Å². The first-order chi connectivity index (χ1) is 13.5. The summed E-state index contributed by atoms with van der Waals surface area (Å²) in [6, 6.07) is 17.4. The number of benzene rings is 2. The van der Waals surface area contributed by atoms with Gasteiger partial charge < -0.3 is 15.5 Å². The molecule has 1 saturated heterocycles. The summed E-state index contributed by atoms with van der Waals surface area (Å²) in [5.41, 5.74) is 2.32. The van der Waals surface area contributed by atoms with Gasteiger partial charge in [-0.15, -0.1) is 0 Å². The molecule has 1 aliphatic heterocycles. The van der Waals surface area contributed by atoms with Gasteiger partial charge in [0.15, 0.2) is 0 Å². The van der Waals surface area contributed by atoms with Crippen molar-refractivity contribution in [3.05, 3.63) is 60.2 Å². The van der Waals surface area contributed by atoms with Crippen LogP contribution in [0.15, 0.2) is 54.6 Å². The number of likely N-dealkylation sites (tertiary alicyclic amines) is 1. The summed E-state index contributed by atoms with van der Waals surface area (Å²) in [6.45, 7) is 2.23. The first-order valence-corrected chi connectivity index (χ1v) is 9.62. The molecule has 1 atom stereocenters. The van der Waals surface area contributed by atoms with Gasteiger partial charge in [-0.05, 0) is 44.3 Å². The third-order valence-electron chi connectivity index (χ3n) is 4.98. The van der Waals surface area contributed by atoms with Crippen LogP contribution >= 0.6 is 0 Å². The van der Waals surface area contributed by atoms with Crippen molar-refractivity contribution in [1.29, 1.82) is 0 Å². The van der Waals surface area contributed by atoms with Gasteiger partial charge in [0.1, 0.15) is 0 Å². The molecule has 0 unspecified atom stereocenters. The van der Waals surface area contributed by atoms with Crippen LogP contribution in [0.4, 0.5) is 11.4 Å². The van der Waals surface area contributed by atoms with Crippen LogP contribution in [-0.2, 0) is 16.0 Å². The van der Waals surface area contributed by atoms with Crippen LogP contribution in [0, 0.1) is 0 Å². The summed E-state index contributed by atoms with van der Waals surface area (Å²) in [6.07, 6.45) is 1.41. The Morgan fingerprint density at radius 3 is 2.32 bits per heavy atom. The Kier molecular flexibility index (Phi) is 6.79. The minimum atomic E-state index is -0.0820. The lowest BCUT2D eigenvalue weighted by atomic mass is 10.1. The number of nitrogens with zero attached hydrogens (tertiary/aromatic N) is 2. The molecule has 0 radical (unpaired) electrons. The fourth-order valence-corrected chi connectivity index (χ4v) is 3.44. The average Bonchev–Trinajstić information content (AvgIpc) is 3.11. The fraction of sp³-hybridized carbons (Fsp3) is 0.364. The predicted molar refractivity (Wildman–Crippen MR) is 112 cm³/mol. The zero-order valence-corrected chi connectivity index (χ0v) is 16.5. The van der Waals surface area contributed by atoms with E-state index < -0.39 is 0 Å². The third kappa shape index (κ3) is 5.90. The van der Waals surface area contributed by atoms with E-state index in [0.717, 1.165) is 25.1 Å². The van der Waals surface area contributed by atoms with Gasteiger partial charge in [0.05, 0.1) is 13.0 Å². The third-order valence-corrected chi connectivity index (χ3v) is 4.98. The monoisotopic (exact) mass is 380 g/mol. The molecule has 2 aromatic rings. The number of hydrogen-bond donors (Lipinski definition) is 2. The minimum absolute atomic E-state index is 0.0350. The molecule has 2 N–H and O–H groups in total. The molecule has 6 nitrogen and oxygen atoms in total. The Hall–Kier alpha value is -2.70. The second-order valence-electron chi connectivity index (χ2n) is 7.48. The molecule has 1 aliphatic rings. The summed E-state index contributed by atoms with van der Waals surface area (Å²) in [7, 11) is 4.15. The number of carbonyl (C=O) groups excluding carboxylic acids is 2. The summed E-state index contributed by atoms with van der Waals surface area (Å²) in [5.74, 6) is -0.117. The first-order valence-electron chi connectivity index (χ1n) is 9.62. The van der Waals surface area contributed by atoms with Gasteiger partial charge in [-0.1, -0.05) is 36.4 Å². The first kappa shape index (κ1) is 20.0. The molecule has 0 bridgehead atoms. The molecule has 6 heteroatoms. The van der Waals surface area contributed by atoms with Crippen molar-refractivity contribution < 1.29 is 9.59 Å². The number of likely N-dealkylation sites (N-methyl/N-ethyl adjacent to an activating group) is 1. The molecule has 148 valence electrons. The van der Waals surface area contributed by atoms with Gasteiger partial charge in [0, 0.05) is 30.5 Å². The van der Waals surface area contributed by atoms with Crippen molar-refractivity contribution in [3.8, 4) is 0 Å². The zero-order chi connectivity index (χ0) is 19.9. The van der Waals surface area contributed by atoms with Crippen LogP contribution in [0.2, 0.25) is 0 Å². The normalized spacial score (nSPS) is 16.9. The molecule has 2 aromatic carbocycles. The summed E-state index contributed by atoms with van der Waals surface area (Å²) in [5, 5.41) is 5.82. The number of nitrogens with one attached hydrogen (secondary N) is 2. The van der Waals surface area contributed by atoms with Crippen molar-refractivity contribution >= 4 is 23.2 Å². The van der Waals surface area contributed by atoms with Crippen LogP contribution < -0.4 is 10.6 Å². The molecule has 2 amide bonds. The Morgan fingerprint density at radius 1 is 1.00 bits per heavy atom. The number of amides is 2. The molecule has 0 aliphatic carbocycles. The van der Waals surface area contributed by atoms with Crippen molar-refractivity contribution in [2.75, 3.05) is 44.4 Å². The van der Waals surface area contributed by atoms with Crippen molar-refractivity contribution in [1.82, 2.24) is 9.80 Å². The lowest BCUT2D eigenvalue weighted by molar-refractivity contribution is -0.117. The molecular weight excluding hydrogens is 352 g/mol. The summed E-state index contributed by atoms with van der Waals surface area (Å²) >= 11 is 0. The van der Waals surface area contributed by atoms with Gasteiger partial charge in [-0.2, -0.15) is 0 Å². The Morgan fingerprint density at radius 2 is 1.68 bits per heavy atom. The molecule has 3 rings (SSSR count). The minimum Gasteiger partial charge on any atom is -0.326 e. The van der Waals surface area contributed by atoms with E-state index in [2.05, 4.69) is 34.5 Å². The van der Waals surface area contributed by atoms with Gasteiger partial charge >= 0.3 is 0 Å². The lowest BCUT2D eigenvalue weighted by Crippen LogP contribution is -2.35. The highest BCUT2D eigenvalue weighted by Crippen LogP contribution is 2.17. The number of rotatable bonds is 7. The molecule has 1 fully saturated rings. The highest BCUT2D eigenvalue weighted by molar-refractivity contribution is 5.95. The fourth-order valence-electron chi connectivity index (χ4n) is 3.44. The van der Waals surface area contributed by atoms with Crippen LogP contribution in [0.3, 0.4) is 0 Å². The summed E-state index contributed by atoms with van der Waals surface area (Å²) in [4.78, 5) is 29.0. The highest BCUT2D eigenvalue weighted by atomic mass is 16.2. The van der Waals surface area contributed by atoms with E-state index in [9.17, 15) is 9.59 Å². The van der Waals surface area contributed by atoms with Crippen LogP contribution in [0.1, 0.15) is 12.0 Å². The maximum absolute atomic E-state index is 12.4. The zero-order valence-electron chi connectivity index (χ0n) is 16.5. The van der Waals surface area contributed by atoms with E-state index in [1.54, 1.807) is 6.07 Å². The number of hydrogen-bond acceptors (Lipinski definition) is 4. The largest absolute Gasteiger partial charge is 0.326 e. The van der Waals surface area contributed by atoms with Crippen LogP contribution in [-0.4, -0.2) is 61.4 Å². The quantitative estimate of drug-likeness (QED) is 0.774. The van der Waals surface area contributed by atoms with Gasteiger partial charge in [0.25, 0.3) is 0 Å². The Labute approximate surface area is 166 Å². The lowest BCUT2D eigenvalue weighted by Gasteiger charge is -2.20. The Bertz CT molecular complexity index is 807. The molecule has 1 heterocycles. The van der Waals surface area contributed by atoms with Crippen molar-refractivity contribution in [3.63, 3.8) is 0 Å². The standard InChI is InChI=1S/C22H28N4O2/c1-25(2)20-11-12-26(15-20)16-22(28)24-19-10-6-9-18(14-19)23-21(27)13-17-7-4-3-5-8-17/h3-10,14,20H,11-13,15-16H2,1-2H3,(H,23,27)(H,24,28)/t20-/m0/s1. The van der Waals surface area contributed by atoms with Crippen LogP contribution in [0.25, 0.3) is 0 Å². The smallest absolute Gasteiger partial charge is 0.238 e. The van der Waals surface area contributed by atoms with Gasteiger partial charge in [-0.3, -0.25) is 14.5 Å². The molecular formula is C22H28N4O2. The predicted octanol–water partition coefficient (Wildman–Crippen LogP) is 2.44. The van der Waals surface area contributed by atoms with E-state index in [4.69, 9.17) is 0 Å². The maximum Gasteiger partial charge on any atom is 0.238 e. The average molecular weight is 380 g/mol. The number of carbonyl (C=O) groups is 2. The van der Waals surface area contributed by atoms with Crippen LogP contribution in [0.5, 0.6) is 0 Å². The second kappa shape index (κ2) is 9.48. The van der Waals surface area contributed by atoms with Gasteiger partial charge in [0.2, 0.25) is 11.8 Å². The van der Waals surface area contributed by atoms with E-state index >= 15 is 0 Å². The molecule has 0 saturated carbocycles. The second-order valence-corrected chi connectivity index (χ2v) is 7.48. The van der Waals surface area contributed by atoms with E-state index in [0.29, 0.717) is 30.4 Å². The van der Waals surface area contributed by atoms with Crippen molar-refractivity contribution in [2.24, 2.45) is 0 Å². The summed E-state index contributed by atoms with van der Waals surface area (Å²) < 4.78 is 0. The van der Waals surface area contributed by atoms with E-state index in [1.165, 1.54) is 0 Å². The topological polar surface area (TPSA) is 64.7 Å². The number of anilines is 2. The molecule has 0 spiro atoms. The van der Waals surface area contributed by atoms with Crippen molar-refractivity contribution in [2.45, 2.75) is 18.9 Å². The van der Waals surface area contributed by atoms with E-state index in [1.807, 2.05) is 48.5 Å². The van der Waals surface area contributed by atoms with Gasteiger partial charge in [-0.25, -0.2) is 0 Å². The maximum atomic E-state index is 12.4. The SMILES string of the molecule is CN(C)[C@H]1CCN(CC(=O)Nc2cccc(NC(=O)Cc3ccccc3)c2)C1. The molecule has 28 heavy (non-hydrogen) atoms.